The molecule has 1 aromatic carbocycles. The summed E-state index contributed by atoms with van der Waals surface area (Å²) in [6, 6.07) is 7.02. The van der Waals surface area contributed by atoms with Gasteiger partial charge in [0.05, 0.1) is 0 Å². The molecule has 1 rings (SSSR count). The number of unbranched alkanes of at least 4 members (excludes halogenated alkanes) is 10. The van der Waals surface area contributed by atoms with Crippen molar-refractivity contribution in [1.29, 1.82) is 0 Å². The van der Waals surface area contributed by atoms with Crippen molar-refractivity contribution >= 4 is 38.5 Å². The van der Waals surface area contributed by atoms with Crippen LogP contribution in [0.5, 0.6) is 0 Å². The zero-order valence-corrected chi connectivity index (χ0v) is 19.7. The van der Waals surface area contributed by atoms with Gasteiger partial charge in [-0.3, -0.25) is 0 Å². The van der Waals surface area contributed by atoms with E-state index in [0.717, 1.165) is 0 Å². The van der Waals surface area contributed by atoms with Gasteiger partial charge in [-0.25, -0.2) is 0 Å². The van der Waals surface area contributed by atoms with Gasteiger partial charge >= 0.3 is 159 Å². The van der Waals surface area contributed by atoms with Gasteiger partial charge in [-0.2, -0.15) is 0 Å². The van der Waals surface area contributed by atoms with Gasteiger partial charge in [0, 0.05) is 0 Å². The zero-order valence-electron chi connectivity index (χ0n) is 16.0. The van der Waals surface area contributed by atoms with Crippen LogP contribution in [0.2, 0.25) is 0 Å². The van der Waals surface area contributed by atoms with Crippen LogP contribution in [0.25, 0.3) is 0 Å². The van der Waals surface area contributed by atoms with E-state index >= 15 is 0 Å². The van der Waals surface area contributed by atoms with Gasteiger partial charge in [0.25, 0.3) is 0 Å². The second-order valence-electron chi connectivity index (χ2n) is 6.98. The number of aryl methyl sites for hydroxylation is 1. The van der Waals surface area contributed by atoms with Gasteiger partial charge in [-0.15, -0.1) is 12.4 Å². The minimum Gasteiger partial charge on any atom is -0.147 e. The molecule has 0 saturated carbocycles. The van der Waals surface area contributed by atoms with Gasteiger partial charge in [0.15, 0.2) is 0 Å². The Labute approximate surface area is 171 Å². The molecule has 0 atom stereocenters. The summed E-state index contributed by atoms with van der Waals surface area (Å²) in [7, 11) is 0. The van der Waals surface area contributed by atoms with E-state index in [1.54, 1.807) is 37.2 Å². The molecule has 0 aliphatic rings. The minimum absolute atomic E-state index is 0. The molecular formula is C22H38ClSn. The molecule has 0 aromatic heterocycles. The molecule has 0 aliphatic heterocycles. The number of halogens is 1. The van der Waals surface area contributed by atoms with Crippen LogP contribution in [0.1, 0.15) is 102 Å². The van der Waals surface area contributed by atoms with Gasteiger partial charge in [0.1, 0.15) is 0 Å². The van der Waals surface area contributed by atoms with Crippen LogP contribution in [-0.4, -0.2) is 22.5 Å². The topological polar surface area (TPSA) is 0 Å². The Morgan fingerprint density at radius 3 is 1.75 bits per heavy atom. The van der Waals surface area contributed by atoms with Crippen molar-refractivity contribution < 1.29 is 0 Å². The van der Waals surface area contributed by atoms with Crippen LogP contribution in [0.3, 0.4) is 0 Å². The van der Waals surface area contributed by atoms with Crippen LogP contribution in [0.15, 0.2) is 18.2 Å². The number of hydrogen-bond donors (Lipinski definition) is 0. The SMILES string of the molecule is CCCCCCCCc1ccc[c]([Sn])c1CCCCCCCC.Cl. The Morgan fingerprint density at radius 2 is 1.17 bits per heavy atom. The molecule has 24 heavy (non-hydrogen) atoms. The van der Waals surface area contributed by atoms with E-state index in [-0.39, 0.29) is 12.4 Å². The number of benzene rings is 1. The first-order valence-corrected chi connectivity index (χ1v) is 11.5. The molecule has 0 amide bonds. The fourth-order valence-electron chi connectivity index (χ4n) is 3.34. The van der Waals surface area contributed by atoms with E-state index < -0.39 is 0 Å². The molecule has 0 nitrogen and oxygen atoms in total. The normalized spacial score (nSPS) is 10.6. The molecule has 2 heteroatoms. The monoisotopic (exact) mass is 457 g/mol. The number of rotatable bonds is 14. The first-order chi connectivity index (χ1) is 11.3. The van der Waals surface area contributed by atoms with Crippen LogP contribution in [0.4, 0.5) is 0 Å². The molecule has 0 saturated heterocycles. The summed E-state index contributed by atoms with van der Waals surface area (Å²) in [6.07, 6.45) is 19.5. The summed E-state index contributed by atoms with van der Waals surface area (Å²) >= 11 is 1.59. The van der Waals surface area contributed by atoms with Crippen LogP contribution in [0, 0.1) is 0 Å². The first kappa shape index (κ1) is 24.3. The molecule has 137 valence electrons. The third-order valence-electron chi connectivity index (χ3n) is 4.85. The molecule has 0 aliphatic carbocycles. The fraction of sp³-hybridized carbons (Fsp3) is 0.727. The van der Waals surface area contributed by atoms with Crippen molar-refractivity contribution in [2.75, 3.05) is 0 Å². The standard InChI is InChI=1S/C22H37.ClH.Sn/c1-3-5-7-9-11-13-17-21-19-15-16-20-22(21)18-14-12-10-8-6-4-2;;/h15-16,19H,3-14,17-18H2,1-2H3;1H;. The maximum absolute atomic E-state index is 2.39. The van der Waals surface area contributed by atoms with Crippen molar-refractivity contribution in [3.05, 3.63) is 29.3 Å². The average molecular weight is 457 g/mol. The summed E-state index contributed by atoms with van der Waals surface area (Å²) in [5, 5.41) is 0. The Kier molecular flexibility index (Phi) is 17.0. The summed E-state index contributed by atoms with van der Waals surface area (Å²) in [5.74, 6) is 0. The Balaban J connectivity index is 0.00000529. The molecule has 3 radical (unpaired) electrons. The van der Waals surface area contributed by atoms with Crippen molar-refractivity contribution in [2.24, 2.45) is 0 Å². The van der Waals surface area contributed by atoms with Crippen molar-refractivity contribution in [3.8, 4) is 0 Å². The van der Waals surface area contributed by atoms with E-state index in [1.165, 1.54) is 89.9 Å². The van der Waals surface area contributed by atoms with Gasteiger partial charge in [-0.05, 0) is 0 Å². The predicted molar refractivity (Wildman–Crippen MR) is 113 cm³/mol. The fourth-order valence-corrected chi connectivity index (χ4v) is 4.43. The van der Waals surface area contributed by atoms with E-state index in [4.69, 9.17) is 0 Å². The van der Waals surface area contributed by atoms with Gasteiger partial charge < -0.3 is 0 Å². The Morgan fingerprint density at radius 1 is 0.667 bits per heavy atom. The van der Waals surface area contributed by atoms with Gasteiger partial charge in [-0.1, -0.05) is 0 Å². The quantitative estimate of drug-likeness (QED) is 0.216. The first-order valence-electron chi connectivity index (χ1n) is 10.1. The van der Waals surface area contributed by atoms with E-state index in [2.05, 4.69) is 32.0 Å². The predicted octanol–water partition coefficient (Wildman–Crippen LogP) is 6.71. The maximum Gasteiger partial charge on any atom is -0.147 e. The summed E-state index contributed by atoms with van der Waals surface area (Å²) in [6.45, 7) is 4.59. The second-order valence-corrected chi connectivity index (χ2v) is 8.52. The minimum atomic E-state index is 0. The van der Waals surface area contributed by atoms with E-state index in [0.29, 0.717) is 0 Å². The summed E-state index contributed by atoms with van der Waals surface area (Å²) in [5.41, 5.74) is 3.36. The third-order valence-corrected chi connectivity index (χ3v) is 6.19. The molecule has 0 heterocycles. The summed E-state index contributed by atoms with van der Waals surface area (Å²) in [4.78, 5) is 0. The largest absolute Gasteiger partial charge is 0.147 e. The average Bonchev–Trinajstić information content (AvgIpc) is 2.56. The van der Waals surface area contributed by atoms with E-state index in [9.17, 15) is 0 Å². The zero-order chi connectivity index (χ0) is 16.8. The summed E-state index contributed by atoms with van der Waals surface area (Å²) < 4.78 is 1.61. The molecule has 0 fully saturated rings. The second kappa shape index (κ2) is 16.8. The molecule has 1 aromatic rings. The van der Waals surface area contributed by atoms with Crippen LogP contribution in [-0.2, 0) is 12.8 Å². The molecule has 0 spiro atoms. The van der Waals surface area contributed by atoms with Crippen molar-refractivity contribution in [3.63, 3.8) is 0 Å². The van der Waals surface area contributed by atoms with E-state index in [1.807, 2.05) is 0 Å². The number of hydrogen-bond acceptors (Lipinski definition) is 0. The molecule has 0 N–H and O–H groups in total. The molecule has 0 unspecified atom stereocenters. The third kappa shape index (κ3) is 11.0. The molecular weight excluding hydrogens is 418 g/mol. The van der Waals surface area contributed by atoms with Crippen LogP contribution < -0.4 is 3.58 Å². The Bertz CT molecular complexity index is 403. The molecule has 0 bridgehead atoms. The van der Waals surface area contributed by atoms with Crippen LogP contribution >= 0.6 is 12.4 Å². The Hall–Kier alpha value is 0.309. The maximum atomic E-state index is 2.39. The smallest absolute Gasteiger partial charge is 0.147 e. The van der Waals surface area contributed by atoms with Crippen molar-refractivity contribution in [1.82, 2.24) is 0 Å². The van der Waals surface area contributed by atoms with Gasteiger partial charge in [0.2, 0.25) is 0 Å². The van der Waals surface area contributed by atoms with Crippen molar-refractivity contribution in [2.45, 2.75) is 104 Å².